The maximum atomic E-state index is 2.52. The van der Waals surface area contributed by atoms with Crippen LogP contribution >= 0.6 is 0 Å². The summed E-state index contributed by atoms with van der Waals surface area (Å²) in [6, 6.07) is 81.0. The third-order valence-corrected chi connectivity index (χ3v) is 13.1. The molecule has 0 saturated heterocycles. The number of anilines is 3. The number of rotatable bonds is 4. The van der Waals surface area contributed by atoms with Gasteiger partial charge in [0.2, 0.25) is 0 Å². The number of nitrogens with zero attached hydrogens (tertiary/aromatic N) is 2. The second-order valence-corrected chi connectivity index (χ2v) is 16.0. The molecule has 0 radical (unpaired) electrons. The van der Waals surface area contributed by atoms with Crippen LogP contribution in [0.1, 0.15) is 22.3 Å². The van der Waals surface area contributed by atoms with E-state index in [1.807, 2.05) is 0 Å². The molecule has 0 saturated carbocycles. The predicted octanol–water partition coefficient (Wildman–Crippen LogP) is 14.9. The van der Waals surface area contributed by atoms with Crippen LogP contribution in [0.4, 0.5) is 17.1 Å². The van der Waals surface area contributed by atoms with Crippen molar-refractivity contribution in [3.05, 3.63) is 241 Å². The van der Waals surface area contributed by atoms with Crippen molar-refractivity contribution < 1.29 is 0 Å². The Morgan fingerprint density at radius 2 is 0.932 bits per heavy atom. The molecule has 59 heavy (non-hydrogen) atoms. The Morgan fingerprint density at radius 1 is 0.322 bits per heavy atom. The van der Waals surface area contributed by atoms with Gasteiger partial charge in [-0.05, 0) is 139 Å². The normalized spacial score (nSPS) is 13.2. The molecule has 2 aliphatic rings. The van der Waals surface area contributed by atoms with Crippen LogP contribution in [0.5, 0.6) is 0 Å². The Morgan fingerprint density at radius 3 is 1.73 bits per heavy atom. The van der Waals surface area contributed by atoms with Crippen LogP contribution in [0.2, 0.25) is 0 Å². The second kappa shape index (κ2) is 12.2. The molecule has 0 aliphatic heterocycles. The average molecular weight is 749 g/mol. The van der Waals surface area contributed by atoms with E-state index in [1.165, 1.54) is 87.9 Å². The largest absolute Gasteiger partial charge is 0.310 e. The number of fused-ring (bicyclic) bond motifs is 16. The van der Waals surface area contributed by atoms with Gasteiger partial charge in [0.15, 0.2) is 0 Å². The molecule has 0 N–H and O–H groups in total. The molecule has 0 fully saturated rings. The standard InChI is InChI=1S/C57H36N2/c1-3-16-40(17-4-1)58(43-30-32-55-48(36-43)47-23-11-14-26-54(47)59(55)41-18-5-2-6-19-41)42-29-27-38-34-49-53(35-39(38)33-42)57(52-31-28-37-15-7-8-20-44(37)56(49)52)50-24-12-9-21-45(50)46-22-10-13-25-51(46)57/h1-36H. The van der Waals surface area contributed by atoms with Gasteiger partial charge >= 0.3 is 0 Å². The van der Waals surface area contributed by atoms with Crippen LogP contribution < -0.4 is 4.90 Å². The Balaban J connectivity index is 1.06. The highest BCUT2D eigenvalue weighted by Crippen LogP contribution is 2.64. The van der Waals surface area contributed by atoms with Crippen LogP contribution in [-0.2, 0) is 5.41 Å². The zero-order valence-corrected chi connectivity index (χ0v) is 32.2. The van der Waals surface area contributed by atoms with Gasteiger partial charge in [0.25, 0.3) is 0 Å². The van der Waals surface area contributed by atoms with Crippen molar-refractivity contribution in [1.29, 1.82) is 0 Å². The molecule has 0 bridgehead atoms. The Labute approximate surface area is 342 Å². The summed E-state index contributed by atoms with van der Waals surface area (Å²) in [6.07, 6.45) is 0. The molecule has 274 valence electrons. The molecule has 2 heteroatoms. The summed E-state index contributed by atoms with van der Waals surface area (Å²) in [5.74, 6) is 0. The van der Waals surface area contributed by atoms with Crippen LogP contribution in [0.15, 0.2) is 218 Å². The predicted molar refractivity (Wildman–Crippen MR) is 247 cm³/mol. The van der Waals surface area contributed by atoms with Crippen LogP contribution in [0.25, 0.3) is 71.3 Å². The van der Waals surface area contributed by atoms with Crippen molar-refractivity contribution in [1.82, 2.24) is 4.57 Å². The first-order valence-electron chi connectivity index (χ1n) is 20.5. The molecule has 11 aromatic rings. The van der Waals surface area contributed by atoms with Crippen molar-refractivity contribution in [3.8, 4) is 27.9 Å². The quantitative estimate of drug-likeness (QED) is 0.174. The summed E-state index contributed by atoms with van der Waals surface area (Å²) in [5.41, 5.74) is 17.3. The maximum absolute atomic E-state index is 2.52. The molecule has 0 unspecified atom stereocenters. The number of para-hydroxylation sites is 3. The van der Waals surface area contributed by atoms with Crippen LogP contribution in [0, 0.1) is 0 Å². The number of benzene rings is 10. The minimum Gasteiger partial charge on any atom is -0.310 e. The first-order valence-corrected chi connectivity index (χ1v) is 20.5. The van der Waals surface area contributed by atoms with E-state index in [0.29, 0.717) is 0 Å². The minimum absolute atomic E-state index is 0.427. The lowest BCUT2D eigenvalue weighted by Gasteiger charge is -2.31. The van der Waals surface area contributed by atoms with Gasteiger partial charge in [0, 0.05) is 33.5 Å². The fourth-order valence-corrected chi connectivity index (χ4v) is 10.8. The van der Waals surface area contributed by atoms with Crippen molar-refractivity contribution in [3.63, 3.8) is 0 Å². The summed E-state index contributed by atoms with van der Waals surface area (Å²) < 4.78 is 2.38. The average Bonchev–Trinajstić information content (AvgIpc) is 3.90. The first kappa shape index (κ1) is 32.4. The molecule has 13 rings (SSSR count). The summed E-state index contributed by atoms with van der Waals surface area (Å²) in [7, 11) is 0. The molecule has 2 aliphatic carbocycles. The number of aromatic nitrogens is 1. The smallest absolute Gasteiger partial charge is 0.0725 e. The zero-order chi connectivity index (χ0) is 38.7. The molecule has 1 aromatic heterocycles. The number of hydrogen-bond donors (Lipinski definition) is 0. The third kappa shape index (κ3) is 4.40. The van der Waals surface area contributed by atoms with Crippen LogP contribution in [-0.4, -0.2) is 4.57 Å². The van der Waals surface area contributed by atoms with Gasteiger partial charge in [-0.1, -0.05) is 146 Å². The number of hydrogen-bond acceptors (Lipinski definition) is 1. The van der Waals surface area contributed by atoms with E-state index < -0.39 is 5.41 Å². The molecule has 0 atom stereocenters. The van der Waals surface area contributed by atoms with E-state index in [1.54, 1.807) is 0 Å². The SMILES string of the molecule is c1ccc(N(c2ccc3cc4c(cc3c2)C2(c3ccccc3-c3ccccc32)c2ccc3ccccc3c2-4)c2ccc3c(c2)c2ccccc2n3-c2ccccc2)cc1. The fraction of sp³-hybridized carbons (Fsp3) is 0.0175. The molecule has 2 nitrogen and oxygen atoms in total. The van der Waals surface area contributed by atoms with E-state index in [2.05, 4.69) is 228 Å². The highest BCUT2D eigenvalue weighted by molar-refractivity contribution is 6.12. The zero-order valence-electron chi connectivity index (χ0n) is 32.2. The van der Waals surface area contributed by atoms with Gasteiger partial charge < -0.3 is 9.47 Å². The maximum Gasteiger partial charge on any atom is 0.0725 e. The fourth-order valence-electron chi connectivity index (χ4n) is 10.8. The summed E-state index contributed by atoms with van der Waals surface area (Å²) in [5, 5.41) is 7.50. The minimum atomic E-state index is -0.427. The molecule has 10 aromatic carbocycles. The Hall–Kier alpha value is -7.68. The van der Waals surface area contributed by atoms with Gasteiger partial charge in [-0.15, -0.1) is 0 Å². The Bertz CT molecular complexity index is 3460. The van der Waals surface area contributed by atoms with Crippen LogP contribution in [0.3, 0.4) is 0 Å². The van der Waals surface area contributed by atoms with E-state index in [0.717, 1.165) is 22.7 Å². The Kier molecular flexibility index (Phi) is 6.68. The molecular formula is C57H36N2. The van der Waals surface area contributed by atoms with Gasteiger partial charge in [0.1, 0.15) is 0 Å². The van der Waals surface area contributed by atoms with E-state index in [4.69, 9.17) is 0 Å². The van der Waals surface area contributed by atoms with Gasteiger partial charge in [-0.25, -0.2) is 0 Å². The van der Waals surface area contributed by atoms with Crippen molar-refractivity contribution in [2.75, 3.05) is 4.90 Å². The molecule has 1 spiro atoms. The highest BCUT2D eigenvalue weighted by Gasteiger charge is 2.52. The van der Waals surface area contributed by atoms with Crippen molar-refractivity contribution in [2.45, 2.75) is 5.41 Å². The molecule has 1 heterocycles. The van der Waals surface area contributed by atoms with E-state index in [9.17, 15) is 0 Å². The topological polar surface area (TPSA) is 8.17 Å². The second-order valence-electron chi connectivity index (χ2n) is 16.0. The first-order chi connectivity index (χ1) is 29.3. The molecular weight excluding hydrogens is 713 g/mol. The summed E-state index contributed by atoms with van der Waals surface area (Å²) in [4.78, 5) is 2.42. The lowest BCUT2D eigenvalue weighted by molar-refractivity contribution is 0.795. The summed E-state index contributed by atoms with van der Waals surface area (Å²) in [6.45, 7) is 0. The van der Waals surface area contributed by atoms with E-state index in [-0.39, 0.29) is 0 Å². The van der Waals surface area contributed by atoms with E-state index >= 15 is 0 Å². The van der Waals surface area contributed by atoms with Gasteiger partial charge in [0.05, 0.1) is 16.4 Å². The lowest BCUT2D eigenvalue weighted by Crippen LogP contribution is -2.25. The lowest BCUT2D eigenvalue weighted by atomic mass is 9.70. The van der Waals surface area contributed by atoms with Crippen molar-refractivity contribution >= 4 is 60.4 Å². The van der Waals surface area contributed by atoms with Gasteiger partial charge in [-0.2, -0.15) is 0 Å². The van der Waals surface area contributed by atoms with Gasteiger partial charge in [-0.3, -0.25) is 0 Å². The monoisotopic (exact) mass is 748 g/mol. The van der Waals surface area contributed by atoms with Crippen molar-refractivity contribution in [2.24, 2.45) is 0 Å². The highest BCUT2D eigenvalue weighted by atomic mass is 15.1. The summed E-state index contributed by atoms with van der Waals surface area (Å²) >= 11 is 0. The third-order valence-electron chi connectivity index (χ3n) is 13.1. The molecule has 0 amide bonds.